The summed E-state index contributed by atoms with van der Waals surface area (Å²) in [5.74, 6) is -0.878. The van der Waals surface area contributed by atoms with Crippen molar-refractivity contribution < 1.29 is 22.4 Å². The SMILES string of the molecule is C[C@@H](CC(=O)c1cc(=O)[nH]c(Cc2ccc(F)cc2)n1)c1ccc(C(F)(F)F)cc1. The summed E-state index contributed by atoms with van der Waals surface area (Å²) in [5, 5.41) is 0. The maximum atomic E-state index is 13.0. The Kier molecular flexibility index (Phi) is 6.14. The van der Waals surface area contributed by atoms with Crippen molar-refractivity contribution >= 4 is 5.78 Å². The molecule has 1 N–H and O–H groups in total. The molecule has 0 saturated carbocycles. The maximum absolute atomic E-state index is 13.0. The summed E-state index contributed by atoms with van der Waals surface area (Å²) in [7, 11) is 0. The van der Waals surface area contributed by atoms with E-state index in [0.717, 1.165) is 18.2 Å². The minimum absolute atomic E-state index is 0.0161. The normalized spacial score (nSPS) is 12.6. The largest absolute Gasteiger partial charge is 0.416 e. The van der Waals surface area contributed by atoms with Crippen molar-refractivity contribution in [3.63, 3.8) is 0 Å². The summed E-state index contributed by atoms with van der Waals surface area (Å²) in [6.45, 7) is 1.72. The van der Waals surface area contributed by atoms with E-state index in [2.05, 4.69) is 9.97 Å². The summed E-state index contributed by atoms with van der Waals surface area (Å²) in [6, 6.07) is 11.4. The molecular formula is C22H18F4N2O2. The van der Waals surface area contributed by atoms with Crippen LogP contribution in [0.2, 0.25) is 0 Å². The van der Waals surface area contributed by atoms with E-state index in [1.807, 2.05) is 0 Å². The van der Waals surface area contributed by atoms with Crippen LogP contribution in [0.25, 0.3) is 0 Å². The lowest BCUT2D eigenvalue weighted by atomic mass is 9.94. The van der Waals surface area contributed by atoms with Gasteiger partial charge in [-0.15, -0.1) is 0 Å². The number of rotatable bonds is 6. The molecule has 2 aromatic carbocycles. The number of benzene rings is 2. The lowest BCUT2D eigenvalue weighted by Gasteiger charge is -2.13. The van der Waals surface area contributed by atoms with Crippen LogP contribution in [0.15, 0.2) is 59.4 Å². The molecule has 0 fully saturated rings. The number of alkyl halides is 3. The highest BCUT2D eigenvalue weighted by Crippen LogP contribution is 2.30. The molecule has 0 aliphatic heterocycles. The number of nitrogens with zero attached hydrogens (tertiary/aromatic N) is 1. The van der Waals surface area contributed by atoms with Crippen LogP contribution in [0.5, 0.6) is 0 Å². The fourth-order valence-corrected chi connectivity index (χ4v) is 3.03. The van der Waals surface area contributed by atoms with E-state index in [1.54, 1.807) is 19.1 Å². The third-order valence-electron chi connectivity index (χ3n) is 4.66. The van der Waals surface area contributed by atoms with Crippen LogP contribution in [-0.2, 0) is 12.6 Å². The van der Waals surface area contributed by atoms with Gasteiger partial charge in [0.05, 0.1) is 5.56 Å². The van der Waals surface area contributed by atoms with Gasteiger partial charge in [-0.1, -0.05) is 31.2 Å². The highest BCUT2D eigenvalue weighted by Gasteiger charge is 2.30. The van der Waals surface area contributed by atoms with Gasteiger partial charge in [-0.2, -0.15) is 13.2 Å². The number of H-pyrrole nitrogens is 1. The molecule has 1 heterocycles. The zero-order chi connectivity index (χ0) is 21.9. The van der Waals surface area contributed by atoms with Crippen LogP contribution in [0, 0.1) is 5.82 Å². The average molecular weight is 418 g/mol. The smallest absolute Gasteiger partial charge is 0.310 e. The molecule has 4 nitrogen and oxygen atoms in total. The fourth-order valence-electron chi connectivity index (χ4n) is 3.03. The summed E-state index contributed by atoms with van der Waals surface area (Å²) >= 11 is 0. The predicted molar refractivity (Wildman–Crippen MR) is 103 cm³/mol. The maximum Gasteiger partial charge on any atom is 0.416 e. The zero-order valence-electron chi connectivity index (χ0n) is 16.0. The Balaban J connectivity index is 1.73. The number of Topliss-reactive ketones (excluding diaryl/α,β-unsaturated/α-hetero) is 1. The molecule has 1 atom stereocenters. The van der Waals surface area contributed by atoms with E-state index in [1.165, 1.54) is 24.3 Å². The zero-order valence-corrected chi connectivity index (χ0v) is 16.0. The summed E-state index contributed by atoms with van der Waals surface area (Å²) in [6.07, 6.45) is -4.23. The van der Waals surface area contributed by atoms with Crippen molar-refractivity contribution in [2.75, 3.05) is 0 Å². The molecule has 0 unspecified atom stereocenters. The van der Waals surface area contributed by atoms with Gasteiger partial charge in [0.15, 0.2) is 5.78 Å². The highest BCUT2D eigenvalue weighted by molar-refractivity contribution is 5.94. The topological polar surface area (TPSA) is 62.8 Å². The average Bonchev–Trinajstić information content (AvgIpc) is 2.68. The van der Waals surface area contributed by atoms with Gasteiger partial charge in [0, 0.05) is 18.9 Å². The summed E-state index contributed by atoms with van der Waals surface area (Å²) in [4.78, 5) is 31.3. The quantitative estimate of drug-likeness (QED) is 0.458. The van der Waals surface area contributed by atoms with Crippen molar-refractivity contribution in [2.45, 2.75) is 31.9 Å². The van der Waals surface area contributed by atoms with Gasteiger partial charge in [0.25, 0.3) is 5.56 Å². The number of aromatic nitrogens is 2. The molecular weight excluding hydrogens is 400 g/mol. The predicted octanol–water partition coefficient (Wildman–Crippen LogP) is 4.90. The molecule has 0 aliphatic carbocycles. The third kappa shape index (κ3) is 5.40. The number of halogens is 4. The first-order valence-corrected chi connectivity index (χ1v) is 9.17. The number of carbonyl (C=O) groups excluding carboxylic acids is 1. The van der Waals surface area contributed by atoms with Gasteiger partial charge in [0.1, 0.15) is 17.3 Å². The van der Waals surface area contributed by atoms with Crippen LogP contribution in [0.1, 0.15) is 52.3 Å². The molecule has 0 saturated heterocycles. The summed E-state index contributed by atoms with van der Waals surface area (Å²) < 4.78 is 51.1. The second-order valence-electron chi connectivity index (χ2n) is 7.03. The second kappa shape index (κ2) is 8.61. The molecule has 156 valence electrons. The fraction of sp³-hybridized carbons (Fsp3) is 0.227. The van der Waals surface area contributed by atoms with Crippen molar-refractivity contribution in [3.8, 4) is 0 Å². The first-order valence-electron chi connectivity index (χ1n) is 9.17. The number of hydrogen-bond donors (Lipinski definition) is 1. The minimum atomic E-state index is -4.42. The highest BCUT2D eigenvalue weighted by atomic mass is 19.4. The Labute approximate surface area is 169 Å². The molecule has 0 bridgehead atoms. The van der Waals surface area contributed by atoms with Crippen LogP contribution in [0.3, 0.4) is 0 Å². The van der Waals surface area contributed by atoms with Crippen molar-refractivity contribution in [1.29, 1.82) is 0 Å². The Hall–Kier alpha value is -3.29. The van der Waals surface area contributed by atoms with Crippen molar-refractivity contribution in [2.24, 2.45) is 0 Å². The standard InChI is InChI=1S/C22H18F4N2O2/c1-13(15-4-6-16(7-5-15)22(24,25)26)10-19(29)18-12-21(30)28-20(27-18)11-14-2-8-17(23)9-3-14/h2-9,12-13H,10-11H2,1H3,(H,27,28,30)/t13-/m0/s1. The first-order chi connectivity index (χ1) is 14.1. The molecule has 0 aliphatic rings. The van der Waals surface area contributed by atoms with Gasteiger partial charge < -0.3 is 4.98 Å². The van der Waals surface area contributed by atoms with Crippen LogP contribution in [0.4, 0.5) is 17.6 Å². The molecule has 1 aromatic heterocycles. The third-order valence-corrected chi connectivity index (χ3v) is 4.66. The number of aromatic amines is 1. The van der Waals surface area contributed by atoms with Crippen molar-refractivity contribution in [3.05, 3.63) is 99.0 Å². The Morgan fingerprint density at radius 3 is 2.30 bits per heavy atom. The lowest BCUT2D eigenvalue weighted by Crippen LogP contribution is -2.17. The van der Waals surface area contributed by atoms with Gasteiger partial charge in [-0.3, -0.25) is 9.59 Å². The van der Waals surface area contributed by atoms with Crippen molar-refractivity contribution in [1.82, 2.24) is 9.97 Å². The molecule has 8 heteroatoms. The minimum Gasteiger partial charge on any atom is -0.310 e. The Bertz CT molecular complexity index is 1090. The van der Waals surface area contributed by atoms with E-state index in [-0.39, 0.29) is 36.1 Å². The van der Waals surface area contributed by atoms with Crippen LogP contribution < -0.4 is 5.56 Å². The number of ketones is 1. The van der Waals surface area contributed by atoms with Gasteiger partial charge in [-0.25, -0.2) is 9.37 Å². The number of hydrogen-bond acceptors (Lipinski definition) is 3. The molecule has 3 aromatic rings. The first kappa shape index (κ1) is 21.4. The lowest BCUT2D eigenvalue weighted by molar-refractivity contribution is -0.137. The number of carbonyl (C=O) groups is 1. The summed E-state index contributed by atoms with van der Waals surface area (Å²) in [5.41, 5.74) is 0.0173. The van der Waals surface area contributed by atoms with Gasteiger partial charge in [0.2, 0.25) is 0 Å². The van der Waals surface area contributed by atoms with Gasteiger partial charge in [-0.05, 0) is 41.3 Å². The van der Waals surface area contributed by atoms with E-state index < -0.39 is 23.1 Å². The van der Waals surface area contributed by atoms with E-state index in [9.17, 15) is 27.2 Å². The van der Waals surface area contributed by atoms with E-state index in [4.69, 9.17) is 0 Å². The van der Waals surface area contributed by atoms with Gasteiger partial charge >= 0.3 is 6.18 Å². The second-order valence-corrected chi connectivity index (χ2v) is 7.03. The van der Waals surface area contributed by atoms with E-state index in [0.29, 0.717) is 11.1 Å². The molecule has 30 heavy (non-hydrogen) atoms. The van der Waals surface area contributed by atoms with Crippen LogP contribution in [-0.4, -0.2) is 15.8 Å². The van der Waals surface area contributed by atoms with Crippen LogP contribution >= 0.6 is 0 Å². The van der Waals surface area contributed by atoms with E-state index >= 15 is 0 Å². The number of nitrogens with one attached hydrogen (secondary N) is 1. The Morgan fingerprint density at radius 1 is 1.07 bits per heavy atom. The monoisotopic (exact) mass is 418 g/mol. The molecule has 0 radical (unpaired) electrons. The Morgan fingerprint density at radius 2 is 1.70 bits per heavy atom. The molecule has 0 spiro atoms. The molecule has 3 rings (SSSR count). The molecule has 0 amide bonds.